The Morgan fingerprint density at radius 1 is 1.31 bits per heavy atom. The highest BCUT2D eigenvalue weighted by Gasteiger charge is 2.55. The van der Waals surface area contributed by atoms with Crippen molar-refractivity contribution in [3.8, 4) is 5.75 Å². The van der Waals surface area contributed by atoms with E-state index in [4.69, 9.17) is 9.47 Å². The summed E-state index contributed by atoms with van der Waals surface area (Å²) in [5, 5.41) is 3.06. The number of carbonyl (C=O) groups is 2. The first-order valence-electron chi connectivity index (χ1n) is 9.20. The molecule has 6 nitrogen and oxygen atoms in total. The SMILES string of the molecule is COC1C(C)C(NC(=O)COc2ccc(N3CCCC3=O)cc2)C1(C)C. The second kappa shape index (κ2) is 7.27. The van der Waals surface area contributed by atoms with Crippen LogP contribution in [-0.4, -0.2) is 44.2 Å². The van der Waals surface area contributed by atoms with Crippen molar-refractivity contribution in [3.63, 3.8) is 0 Å². The van der Waals surface area contributed by atoms with Crippen LogP contribution in [0.4, 0.5) is 5.69 Å². The third-order valence-electron chi connectivity index (χ3n) is 5.70. The van der Waals surface area contributed by atoms with E-state index in [-0.39, 0.29) is 41.9 Å². The second-order valence-electron chi connectivity index (χ2n) is 7.81. The van der Waals surface area contributed by atoms with Gasteiger partial charge in [0.1, 0.15) is 5.75 Å². The molecule has 0 spiro atoms. The van der Waals surface area contributed by atoms with Crippen molar-refractivity contribution in [1.82, 2.24) is 5.32 Å². The molecule has 1 saturated heterocycles. The molecule has 1 saturated carbocycles. The van der Waals surface area contributed by atoms with Gasteiger partial charge in [-0.15, -0.1) is 0 Å². The summed E-state index contributed by atoms with van der Waals surface area (Å²) in [6.45, 7) is 7.03. The predicted molar refractivity (Wildman–Crippen MR) is 99.2 cm³/mol. The average Bonchev–Trinajstić information content (AvgIpc) is 3.04. The van der Waals surface area contributed by atoms with E-state index < -0.39 is 0 Å². The van der Waals surface area contributed by atoms with Crippen LogP contribution in [0.15, 0.2) is 24.3 Å². The molecule has 0 bridgehead atoms. The first-order chi connectivity index (χ1) is 12.3. The van der Waals surface area contributed by atoms with Crippen molar-refractivity contribution in [2.24, 2.45) is 11.3 Å². The van der Waals surface area contributed by atoms with Crippen LogP contribution < -0.4 is 15.0 Å². The van der Waals surface area contributed by atoms with E-state index in [1.165, 1.54) is 0 Å². The number of methoxy groups -OCH3 is 1. The molecule has 2 fully saturated rings. The van der Waals surface area contributed by atoms with Gasteiger partial charge in [0.05, 0.1) is 6.10 Å². The molecular weight excluding hydrogens is 332 g/mol. The lowest BCUT2D eigenvalue weighted by atomic mass is 9.58. The van der Waals surface area contributed by atoms with Gasteiger partial charge < -0.3 is 19.7 Å². The van der Waals surface area contributed by atoms with Crippen molar-refractivity contribution < 1.29 is 19.1 Å². The van der Waals surface area contributed by atoms with Crippen molar-refractivity contribution >= 4 is 17.5 Å². The number of rotatable bonds is 6. The third kappa shape index (κ3) is 3.43. The van der Waals surface area contributed by atoms with E-state index in [0.29, 0.717) is 12.2 Å². The molecule has 3 rings (SSSR count). The van der Waals surface area contributed by atoms with Crippen LogP contribution >= 0.6 is 0 Å². The zero-order chi connectivity index (χ0) is 18.9. The molecule has 1 aliphatic carbocycles. The van der Waals surface area contributed by atoms with E-state index in [2.05, 4.69) is 26.1 Å². The van der Waals surface area contributed by atoms with Crippen LogP contribution in [0.2, 0.25) is 0 Å². The molecule has 1 aromatic carbocycles. The summed E-state index contributed by atoms with van der Waals surface area (Å²) in [7, 11) is 1.71. The molecule has 2 amide bonds. The van der Waals surface area contributed by atoms with Gasteiger partial charge in [0.2, 0.25) is 5.91 Å². The molecular formula is C20H28N2O4. The minimum Gasteiger partial charge on any atom is -0.484 e. The third-order valence-corrected chi connectivity index (χ3v) is 5.70. The van der Waals surface area contributed by atoms with Gasteiger partial charge in [-0.05, 0) is 30.7 Å². The second-order valence-corrected chi connectivity index (χ2v) is 7.81. The maximum atomic E-state index is 12.2. The molecule has 142 valence electrons. The lowest BCUT2D eigenvalue weighted by Crippen LogP contribution is -2.68. The molecule has 0 radical (unpaired) electrons. The Hall–Kier alpha value is -2.08. The number of benzene rings is 1. The zero-order valence-electron chi connectivity index (χ0n) is 16.0. The van der Waals surface area contributed by atoms with Crippen molar-refractivity contribution in [2.75, 3.05) is 25.2 Å². The van der Waals surface area contributed by atoms with Gasteiger partial charge >= 0.3 is 0 Å². The van der Waals surface area contributed by atoms with E-state index in [1.807, 2.05) is 12.1 Å². The largest absolute Gasteiger partial charge is 0.484 e. The number of hydrogen-bond donors (Lipinski definition) is 1. The van der Waals surface area contributed by atoms with Crippen molar-refractivity contribution in [1.29, 1.82) is 0 Å². The molecule has 1 heterocycles. The summed E-state index contributed by atoms with van der Waals surface area (Å²) < 4.78 is 11.1. The fourth-order valence-electron chi connectivity index (χ4n) is 4.43. The summed E-state index contributed by atoms with van der Waals surface area (Å²) in [5.74, 6) is 0.912. The first kappa shape index (κ1) is 18.7. The van der Waals surface area contributed by atoms with Gasteiger partial charge in [0.25, 0.3) is 5.91 Å². The Kier molecular flexibility index (Phi) is 5.23. The number of anilines is 1. The Balaban J connectivity index is 1.50. The Morgan fingerprint density at radius 3 is 2.54 bits per heavy atom. The van der Waals surface area contributed by atoms with Crippen LogP contribution in [0.5, 0.6) is 5.75 Å². The van der Waals surface area contributed by atoms with Gasteiger partial charge in [-0.3, -0.25) is 9.59 Å². The number of hydrogen-bond acceptors (Lipinski definition) is 4. The van der Waals surface area contributed by atoms with Gasteiger partial charge in [-0.2, -0.15) is 0 Å². The van der Waals surface area contributed by atoms with E-state index in [0.717, 1.165) is 18.7 Å². The molecule has 3 atom stereocenters. The molecule has 1 N–H and O–H groups in total. The normalized spacial score (nSPS) is 27.2. The smallest absolute Gasteiger partial charge is 0.258 e. The topological polar surface area (TPSA) is 67.9 Å². The predicted octanol–water partition coefficient (Wildman–Crippen LogP) is 2.37. The van der Waals surface area contributed by atoms with Crippen molar-refractivity contribution in [2.45, 2.75) is 45.8 Å². The summed E-state index contributed by atoms with van der Waals surface area (Å²) in [4.78, 5) is 25.8. The molecule has 1 aliphatic heterocycles. The standard InChI is InChI=1S/C20H28N2O4/c1-13-18(20(2,3)19(13)25-4)21-16(23)12-26-15-9-7-14(8-10-15)22-11-5-6-17(22)24/h7-10,13,18-19H,5-6,11-12H2,1-4H3,(H,21,23). The highest BCUT2D eigenvalue weighted by Crippen LogP contribution is 2.46. The summed E-state index contributed by atoms with van der Waals surface area (Å²) in [6, 6.07) is 7.39. The number of nitrogens with zero attached hydrogens (tertiary/aromatic N) is 1. The fraction of sp³-hybridized carbons (Fsp3) is 0.600. The first-order valence-corrected chi connectivity index (χ1v) is 9.20. The van der Waals surface area contributed by atoms with Crippen LogP contribution in [0.25, 0.3) is 0 Å². The van der Waals surface area contributed by atoms with Gasteiger partial charge in [-0.1, -0.05) is 20.8 Å². The minimum absolute atomic E-state index is 0.0288. The summed E-state index contributed by atoms with van der Waals surface area (Å²) >= 11 is 0. The number of carbonyl (C=O) groups excluding carboxylic acids is 2. The lowest BCUT2D eigenvalue weighted by molar-refractivity contribution is -0.155. The maximum absolute atomic E-state index is 12.2. The van der Waals surface area contributed by atoms with Crippen LogP contribution in [0.3, 0.4) is 0 Å². The number of amides is 2. The van der Waals surface area contributed by atoms with E-state index >= 15 is 0 Å². The van der Waals surface area contributed by atoms with E-state index in [9.17, 15) is 9.59 Å². The highest BCUT2D eigenvalue weighted by atomic mass is 16.5. The number of ether oxygens (including phenoxy) is 2. The highest BCUT2D eigenvalue weighted by molar-refractivity contribution is 5.95. The Morgan fingerprint density at radius 2 is 2.00 bits per heavy atom. The molecule has 3 unspecified atom stereocenters. The Labute approximate surface area is 154 Å². The quantitative estimate of drug-likeness (QED) is 0.846. The van der Waals surface area contributed by atoms with Gasteiger partial charge in [0, 0.05) is 43.1 Å². The lowest BCUT2D eigenvalue weighted by Gasteiger charge is -2.56. The van der Waals surface area contributed by atoms with Crippen LogP contribution in [0.1, 0.15) is 33.6 Å². The molecule has 0 aromatic heterocycles. The van der Waals surface area contributed by atoms with Crippen molar-refractivity contribution in [3.05, 3.63) is 24.3 Å². The summed E-state index contributed by atoms with van der Waals surface area (Å²) in [5.41, 5.74) is 0.785. The Bertz CT molecular complexity index is 671. The minimum atomic E-state index is -0.136. The summed E-state index contributed by atoms with van der Waals surface area (Å²) in [6.07, 6.45) is 1.66. The van der Waals surface area contributed by atoms with Gasteiger partial charge in [0.15, 0.2) is 6.61 Å². The zero-order valence-corrected chi connectivity index (χ0v) is 16.0. The maximum Gasteiger partial charge on any atom is 0.258 e. The van der Waals surface area contributed by atoms with Crippen LogP contribution in [-0.2, 0) is 14.3 Å². The average molecular weight is 360 g/mol. The number of nitrogens with one attached hydrogen (secondary N) is 1. The fourth-order valence-corrected chi connectivity index (χ4v) is 4.43. The molecule has 2 aliphatic rings. The van der Waals surface area contributed by atoms with Crippen LogP contribution in [0, 0.1) is 11.3 Å². The molecule has 6 heteroatoms. The molecule has 1 aromatic rings. The van der Waals surface area contributed by atoms with E-state index in [1.54, 1.807) is 24.1 Å². The molecule has 26 heavy (non-hydrogen) atoms. The van der Waals surface area contributed by atoms with Gasteiger partial charge in [-0.25, -0.2) is 0 Å². The monoisotopic (exact) mass is 360 g/mol.